The Morgan fingerprint density at radius 3 is 1.30 bits per heavy atom. The maximum absolute atomic E-state index is 13.7. The van der Waals surface area contributed by atoms with Crippen LogP contribution >= 0.6 is 0 Å². The Balaban J connectivity index is 1.12. The molecule has 2 aromatic carbocycles. The van der Waals surface area contributed by atoms with Crippen molar-refractivity contribution in [3.63, 3.8) is 0 Å². The minimum atomic E-state index is -0.692. The molecule has 0 radical (unpaired) electrons. The van der Waals surface area contributed by atoms with Crippen molar-refractivity contribution >= 4 is 24.0 Å². The van der Waals surface area contributed by atoms with Gasteiger partial charge in [-0.15, -0.1) is 0 Å². The quantitative estimate of drug-likeness (QED) is 0.126. The molecule has 2 aromatic heterocycles. The highest BCUT2D eigenvalue weighted by Crippen LogP contribution is 2.34. The first-order valence-electron chi connectivity index (χ1n) is 19.6. The molecule has 4 heterocycles. The average Bonchev–Trinajstić information content (AvgIpc) is 3.93. The first kappa shape index (κ1) is 40.0. The second kappa shape index (κ2) is 17.9. The monoisotopic (exact) mass is 766 g/mol. The van der Waals surface area contributed by atoms with Gasteiger partial charge in [0.1, 0.15) is 23.7 Å². The van der Waals surface area contributed by atoms with Gasteiger partial charge in [-0.1, -0.05) is 76.2 Å². The SMILES string of the molecule is COC(=O)N[C@H](C(=O)N1CCCCC1c1nc(-c2ccc(-c3ccc(-c4c[nH]c(C5CCCCN5C(=O)[C@@H](NC(=O)OC)C(C)C)n4)cc3)cc2)c[nH]1)C(C)C. The molecule has 2 fully saturated rings. The zero-order valence-corrected chi connectivity index (χ0v) is 33.1. The van der Waals surface area contributed by atoms with Gasteiger partial charge in [-0.25, -0.2) is 19.6 Å². The number of aromatic nitrogens is 4. The van der Waals surface area contributed by atoms with Gasteiger partial charge in [0.05, 0.1) is 37.7 Å². The van der Waals surface area contributed by atoms with Gasteiger partial charge in [0, 0.05) is 36.6 Å². The van der Waals surface area contributed by atoms with E-state index in [9.17, 15) is 19.2 Å². The molecular formula is C42H54N8O6. The van der Waals surface area contributed by atoms with Crippen LogP contribution in [0.25, 0.3) is 33.6 Å². The van der Waals surface area contributed by atoms with Gasteiger partial charge < -0.3 is 39.9 Å². The number of aromatic amines is 2. The van der Waals surface area contributed by atoms with Gasteiger partial charge in [-0.05, 0) is 61.5 Å². The number of benzene rings is 2. The fourth-order valence-electron chi connectivity index (χ4n) is 7.69. The molecule has 2 aliphatic heterocycles. The van der Waals surface area contributed by atoms with Crippen LogP contribution in [0.15, 0.2) is 60.9 Å². The maximum Gasteiger partial charge on any atom is 0.407 e. The number of amides is 4. The van der Waals surface area contributed by atoms with E-state index in [4.69, 9.17) is 19.4 Å². The standard InChI is InChI=1S/C42H54N8O6/c1-25(2)35(47-41(53)55-5)39(51)49-21-9-7-11-33(49)37-43-23-31(45-37)29-17-13-27(14-18-29)28-15-19-30(20-16-28)32-24-44-38(46-32)34-12-8-10-22-50(34)40(52)36(26(3)4)48-42(54)56-6/h13-20,23-26,33-36H,7-12,21-22H2,1-6H3,(H,43,45)(H,44,46)(H,47,53)(H,48,54)/t33?,34?,35-,36-/m0/s1. The van der Waals surface area contributed by atoms with Crippen LogP contribution in [0, 0.1) is 11.8 Å². The Hall–Kier alpha value is -5.66. The summed E-state index contributed by atoms with van der Waals surface area (Å²) < 4.78 is 9.56. The minimum absolute atomic E-state index is 0.108. The summed E-state index contributed by atoms with van der Waals surface area (Å²) in [6.45, 7) is 8.82. The lowest BCUT2D eigenvalue weighted by Crippen LogP contribution is -2.53. The number of nitrogens with one attached hydrogen (secondary N) is 4. The van der Waals surface area contributed by atoms with Crippen LogP contribution in [-0.4, -0.2) is 93.1 Å². The number of H-pyrrole nitrogens is 2. The molecule has 56 heavy (non-hydrogen) atoms. The van der Waals surface area contributed by atoms with Crippen LogP contribution in [0.4, 0.5) is 9.59 Å². The smallest absolute Gasteiger partial charge is 0.407 e. The van der Waals surface area contributed by atoms with Crippen molar-refractivity contribution in [2.75, 3.05) is 27.3 Å². The van der Waals surface area contributed by atoms with Crippen LogP contribution < -0.4 is 10.6 Å². The van der Waals surface area contributed by atoms with E-state index in [1.807, 2.05) is 74.2 Å². The predicted molar refractivity (Wildman–Crippen MR) is 212 cm³/mol. The van der Waals surface area contributed by atoms with E-state index in [0.29, 0.717) is 13.1 Å². The first-order valence-corrected chi connectivity index (χ1v) is 19.6. The number of hydrogen-bond acceptors (Lipinski definition) is 8. The first-order chi connectivity index (χ1) is 27.0. The predicted octanol–water partition coefficient (Wildman–Crippen LogP) is 7.00. The van der Waals surface area contributed by atoms with Crippen LogP contribution in [0.1, 0.15) is 90.0 Å². The Bertz CT molecular complexity index is 1830. The maximum atomic E-state index is 13.7. The van der Waals surface area contributed by atoms with E-state index in [2.05, 4.69) is 44.9 Å². The summed E-state index contributed by atoms with van der Waals surface area (Å²) in [7, 11) is 2.59. The highest BCUT2D eigenvalue weighted by atomic mass is 16.5. The lowest BCUT2D eigenvalue weighted by atomic mass is 9.97. The summed E-state index contributed by atoms with van der Waals surface area (Å²) in [5.74, 6) is 0.975. The molecule has 0 spiro atoms. The number of carbonyl (C=O) groups is 4. The van der Waals surface area contributed by atoms with E-state index in [0.717, 1.165) is 83.8 Å². The number of hydrogen-bond donors (Lipinski definition) is 4. The summed E-state index contributed by atoms with van der Waals surface area (Å²) in [5, 5.41) is 5.43. The number of piperidine rings is 2. The summed E-state index contributed by atoms with van der Waals surface area (Å²) in [6, 6.07) is 14.6. The molecule has 2 unspecified atom stereocenters. The van der Waals surface area contributed by atoms with Gasteiger partial charge >= 0.3 is 12.2 Å². The molecule has 14 heteroatoms. The Morgan fingerprint density at radius 2 is 0.964 bits per heavy atom. The van der Waals surface area contributed by atoms with Gasteiger partial charge in [0.2, 0.25) is 11.8 Å². The third kappa shape index (κ3) is 8.90. The molecule has 298 valence electrons. The largest absolute Gasteiger partial charge is 0.453 e. The summed E-state index contributed by atoms with van der Waals surface area (Å²) in [4.78, 5) is 71.6. The normalized spacial score (nSPS) is 18.4. The molecule has 4 amide bonds. The molecule has 2 aliphatic rings. The van der Waals surface area contributed by atoms with Crippen LogP contribution in [0.2, 0.25) is 0 Å². The van der Waals surface area contributed by atoms with E-state index in [1.54, 1.807) is 0 Å². The Morgan fingerprint density at radius 1 is 0.607 bits per heavy atom. The summed E-state index contributed by atoms with van der Waals surface area (Å²) in [5.41, 5.74) is 5.60. The molecule has 0 bridgehead atoms. The molecule has 0 aliphatic carbocycles. The Kier molecular flexibility index (Phi) is 12.8. The van der Waals surface area contributed by atoms with E-state index in [-0.39, 0.29) is 35.7 Å². The lowest BCUT2D eigenvalue weighted by molar-refractivity contribution is -0.139. The van der Waals surface area contributed by atoms with Gasteiger partial charge in [0.15, 0.2) is 0 Å². The Labute approximate surface area is 328 Å². The summed E-state index contributed by atoms with van der Waals surface area (Å²) >= 11 is 0. The van der Waals surface area contributed by atoms with Crippen LogP contribution in [0.3, 0.4) is 0 Å². The second-order valence-electron chi connectivity index (χ2n) is 15.3. The van der Waals surface area contributed by atoms with Gasteiger partial charge in [0.25, 0.3) is 0 Å². The van der Waals surface area contributed by atoms with E-state index >= 15 is 0 Å². The topological polar surface area (TPSA) is 175 Å². The zero-order chi connectivity index (χ0) is 39.9. The lowest BCUT2D eigenvalue weighted by Gasteiger charge is -2.37. The number of imidazole rings is 2. The van der Waals surface area contributed by atoms with Crippen molar-refractivity contribution < 1.29 is 28.7 Å². The van der Waals surface area contributed by atoms with E-state index in [1.165, 1.54) is 14.2 Å². The molecule has 4 aromatic rings. The van der Waals surface area contributed by atoms with E-state index < -0.39 is 24.3 Å². The van der Waals surface area contributed by atoms with Crippen molar-refractivity contribution in [1.82, 2.24) is 40.4 Å². The van der Waals surface area contributed by atoms with Crippen molar-refractivity contribution in [1.29, 1.82) is 0 Å². The molecule has 14 nitrogen and oxygen atoms in total. The fraction of sp³-hybridized carbons (Fsp3) is 0.476. The molecule has 4 N–H and O–H groups in total. The highest BCUT2D eigenvalue weighted by molar-refractivity contribution is 5.87. The number of alkyl carbamates (subject to hydrolysis) is 2. The number of nitrogens with zero attached hydrogens (tertiary/aromatic N) is 4. The zero-order valence-electron chi connectivity index (χ0n) is 33.1. The number of rotatable bonds is 11. The second-order valence-corrected chi connectivity index (χ2v) is 15.3. The fourth-order valence-corrected chi connectivity index (χ4v) is 7.69. The number of likely N-dealkylation sites (tertiary alicyclic amines) is 2. The molecule has 0 saturated carbocycles. The average molecular weight is 767 g/mol. The van der Waals surface area contributed by atoms with Crippen LogP contribution in [-0.2, 0) is 19.1 Å². The van der Waals surface area contributed by atoms with Crippen molar-refractivity contribution in [3.05, 3.63) is 72.6 Å². The number of carbonyl (C=O) groups excluding carboxylic acids is 4. The van der Waals surface area contributed by atoms with Gasteiger partial charge in [-0.2, -0.15) is 0 Å². The molecule has 6 rings (SSSR count). The summed E-state index contributed by atoms with van der Waals surface area (Å²) in [6.07, 6.45) is 7.82. The molecule has 2 saturated heterocycles. The third-order valence-corrected chi connectivity index (χ3v) is 10.9. The van der Waals surface area contributed by atoms with Crippen molar-refractivity contribution in [2.45, 2.75) is 90.4 Å². The van der Waals surface area contributed by atoms with Crippen LogP contribution in [0.5, 0.6) is 0 Å². The third-order valence-electron chi connectivity index (χ3n) is 10.9. The van der Waals surface area contributed by atoms with Crippen molar-refractivity contribution in [3.8, 4) is 33.6 Å². The van der Waals surface area contributed by atoms with Crippen molar-refractivity contribution in [2.24, 2.45) is 11.8 Å². The van der Waals surface area contributed by atoms with Gasteiger partial charge in [-0.3, -0.25) is 9.59 Å². The minimum Gasteiger partial charge on any atom is -0.453 e. The number of ether oxygens (including phenoxy) is 2. The molecular weight excluding hydrogens is 713 g/mol. The molecule has 4 atom stereocenters. The number of methoxy groups -OCH3 is 2. The highest BCUT2D eigenvalue weighted by Gasteiger charge is 2.37.